The molecule has 0 aliphatic heterocycles. The van der Waals surface area contributed by atoms with Crippen molar-refractivity contribution < 1.29 is 13.2 Å². The first-order chi connectivity index (χ1) is 9.38. The van der Waals surface area contributed by atoms with Gasteiger partial charge in [0.05, 0.1) is 5.56 Å². The van der Waals surface area contributed by atoms with Crippen molar-refractivity contribution in [1.82, 2.24) is 5.32 Å². The highest BCUT2D eigenvalue weighted by Gasteiger charge is 2.30. The lowest BCUT2D eigenvalue weighted by atomic mass is 10.1. The van der Waals surface area contributed by atoms with Crippen molar-refractivity contribution in [3.8, 4) is 0 Å². The quantitative estimate of drug-likeness (QED) is 0.768. The summed E-state index contributed by atoms with van der Waals surface area (Å²) >= 11 is 5.06. The maximum atomic E-state index is 12.6. The molecule has 2 aromatic rings. The standard InChI is InChI=1S/C14H13BrF3NS/c1-9(13-12(15)5-6-20-13)19-8-10-3-2-4-11(7-10)14(16,17)18/h2-7,9,19H,8H2,1H3. The average Bonchev–Trinajstić information content (AvgIpc) is 2.82. The molecular formula is C14H13BrF3NS. The van der Waals surface area contributed by atoms with Crippen LogP contribution >= 0.6 is 27.3 Å². The zero-order chi connectivity index (χ0) is 14.8. The molecule has 108 valence electrons. The summed E-state index contributed by atoms with van der Waals surface area (Å²) in [6.45, 7) is 2.39. The fourth-order valence-corrected chi connectivity index (χ4v) is 3.59. The van der Waals surface area contributed by atoms with Crippen molar-refractivity contribution >= 4 is 27.3 Å². The molecule has 6 heteroatoms. The lowest BCUT2D eigenvalue weighted by Crippen LogP contribution is -2.18. The first-order valence-electron chi connectivity index (χ1n) is 6.00. The molecule has 1 heterocycles. The highest BCUT2D eigenvalue weighted by molar-refractivity contribution is 9.10. The molecule has 1 nitrogen and oxygen atoms in total. The van der Waals surface area contributed by atoms with Crippen LogP contribution in [-0.2, 0) is 12.7 Å². The Morgan fingerprint density at radius 2 is 2.05 bits per heavy atom. The Morgan fingerprint density at radius 1 is 1.30 bits per heavy atom. The fraction of sp³-hybridized carbons (Fsp3) is 0.286. The summed E-state index contributed by atoms with van der Waals surface area (Å²) in [5.41, 5.74) is 0.0149. The number of nitrogens with one attached hydrogen (secondary N) is 1. The minimum Gasteiger partial charge on any atom is -0.305 e. The predicted molar refractivity (Wildman–Crippen MR) is 78.7 cm³/mol. The van der Waals surface area contributed by atoms with Crippen molar-refractivity contribution in [2.45, 2.75) is 25.7 Å². The molecule has 2 rings (SSSR count). The lowest BCUT2D eigenvalue weighted by Gasteiger charge is -2.14. The molecule has 0 aliphatic rings. The molecule has 1 aromatic heterocycles. The van der Waals surface area contributed by atoms with E-state index >= 15 is 0 Å². The summed E-state index contributed by atoms with van der Waals surface area (Å²) in [5.74, 6) is 0. The van der Waals surface area contributed by atoms with E-state index in [2.05, 4.69) is 21.2 Å². The van der Waals surface area contributed by atoms with Crippen molar-refractivity contribution in [3.63, 3.8) is 0 Å². The molecule has 1 atom stereocenters. The van der Waals surface area contributed by atoms with Gasteiger partial charge in [-0.15, -0.1) is 11.3 Å². The highest BCUT2D eigenvalue weighted by Crippen LogP contribution is 2.30. The van der Waals surface area contributed by atoms with E-state index in [-0.39, 0.29) is 6.04 Å². The zero-order valence-corrected chi connectivity index (χ0v) is 13.1. The number of halogens is 4. The van der Waals surface area contributed by atoms with Gasteiger partial charge in [-0.05, 0) is 45.9 Å². The summed E-state index contributed by atoms with van der Waals surface area (Å²) in [6.07, 6.45) is -4.29. The van der Waals surface area contributed by atoms with E-state index in [0.717, 1.165) is 15.4 Å². The Morgan fingerprint density at radius 3 is 2.65 bits per heavy atom. The Kier molecular flexibility index (Phi) is 4.88. The molecule has 0 bridgehead atoms. The third kappa shape index (κ3) is 3.84. The number of rotatable bonds is 4. The van der Waals surface area contributed by atoms with Gasteiger partial charge in [-0.1, -0.05) is 18.2 Å². The normalized spacial score (nSPS) is 13.4. The maximum absolute atomic E-state index is 12.6. The second-order valence-electron chi connectivity index (χ2n) is 4.43. The van der Waals surface area contributed by atoms with Gasteiger partial charge in [0.25, 0.3) is 0 Å². The molecule has 0 radical (unpaired) electrons. The van der Waals surface area contributed by atoms with Crippen molar-refractivity contribution in [3.05, 3.63) is 56.2 Å². The van der Waals surface area contributed by atoms with E-state index in [0.29, 0.717) is 12.1 Å². The monoisotopic (exact) mass is 363 g/mol. The van der Waals surface area contributed by atoms with Crippen LogP contribution in [0.2, 0.25) is 0 Å². The summed E-state index contributed by atoms with van der Waals surface area (Å²) in [6, 6.07) is 7.44. The molecule has 0 saturated carbocycles. The minimum absolute atomic E-state index is 0.0823. The van der Waals surface area contributed by atoms with Gasteiger partial charge in [0.2, 0.25) is 0 Å². The summed E-state index contributed by atoms with van der Waals surface area (Å²) in [5, 5.41) is 5.21. The summed E-state index contributed by atoms with van der Waals surface area (Å²) in [7, 11) is 0. The predicted octanol–water partition coefficient (Wildman–Crippen LogP) is 5.38. The zero-order valence-electron chi connectivity index (χ0n) is 10.7. The molecule has 0 saturated heterocycles. The van der Waals surface area contributed by atoms with Crippen molar-refractivity contribution in [2.75, 3.05) is 0 Å². The number of benzene rings is 1. The van der Waals surface area contributed by atoms with Gasteiger partial charge in [0, 0.05) is 21.9 Å². The number of alkyl halides is 3. The Balaban J connectivity index is 2.03. The van der Waals surface area contributed by atoms with Crippen LogP contribution in [-0.4, -0.2) is 0 Å². The molecule has 1 unspecified atom stereocenters. The third-order valence-corrected chi connectivity index (χ3v) is 4.96. The van der Waals surface area contributed by atoms with Crippen LogP contribution in [0, 0.1) is 0 Å². The second-order valence-corrected chi connectivity index (χ2v) is 6.24. The maximum Gasteiger partial charge on any atom is 0.416 e. The van der Waals surface area contributed by atoms with Crippen LogP contribution in [0.3, 0.4) is 0 Å². The Bertz CT molecular complexity index is 580. The van der Waals surface area contributed by atoms with Crippen LogP contribution in [0.5, 0.6) is 0 Å². The number of hydrogen-bond donors (Lipinski definition) is 1. The summed E-state index contributed by atoms with van der Waals surface area (Å²) < 4.78 is 38.9. The van der Waals surface area contributed by atoms with Crippen molar-refractivity contribution in [2.24, 2.45) is 0 Å². The van der Waals surface area contributed by atoms with E-state index in [1.807, 2.05) is 18.4 Å². The number of hydrogen-bond acceptors (Lipinski definition) is 2. The SMILES string of the molecule is CC(NCc1cccc(C(F)(F)F)c1)c1sccc1Br. The van der Waals surface area contributed by atoms with Crippen molar-refractivity contribution in [1.29, 1.82) is 0 Å². The molecule has 0 spiro atoms. The number of thiophene rings is 1. The molecule has 1 N–H and O–H groups in total. The highest BCUT2D eigenvalue weighted by atomic mass is 79.9. The van der Waals surface area contributed by atoms with Gasteiger partial charge < -0.3 is 5.32 Å². The summed E-state index contributed by atoms with van der Waals surface area (Å²) in [4.78, 5) is 1.14. The lowest BCUT2D eigenvalue weighted by molar-refractivity contribution is -0.137. The van der Waals surface area contributed by atoms with Gasteiger partial charge >= 0.3 is 6.18 Å². The third-order valence-electron chi connectivity index (χ3n) is 2.90. The minimum atomic E-state index is -4.29. The van der Waals surface area contributed by atoms with Gasteiger partial charge in [0.1, 0.15) is 0 Å². The Hall–Kier alpha value is -0.850. The van der Waals surface area contributed by atoms with E-state index in [1.165, 1.54) is 12.1 Å². The van der Waals surface area contributed by atoms with E-state index in [9.17, 15) is 13.2 Å². The first-order valence-corrected chi connectivity index (χ1v) is 7.67. The Labute approximate surface area is 128 Å². The van der Waals surface area contributed by atoms with Crippen LogP contribution in [0.15, 0.2) is 40.2 Å². The first kappa shape index (κ1) is 15.5. The molecule has 1 aromatic carbocycles. The van der Waals surface area contributed by atoms with E-state index in [1.54, 1.807) is 17.4 Å². The van der Waals surface area contributed by atoms with Crippen LogP contribution < -0.4 is 5.32 Å². The molecule has 0 amide bonds. The smallest absolute Gasteiger partial charge is 0.305 e. The second kappa shape index (κ2) is 6.28. The van der Waals surface area contributed by atoms with E-state index < -0.39 is 11.7 Å². The molecular weight excluding hydrogens is 351 g/mol. The molecule has 20 heavy (non-hydrogen) atoms. The topological polar surface area (TPSA) is 12.0 Å². The van der Waals surface area contributed by atoms with Gasteiger partial charge in [0.15, 0.2) is 0 Å². The molecule has 0 aliphatic carbocycles. The van der Waals surface area contributed by atoms with Gasteiger partial charge in [-0.2, -0.15) is 13.2 Å². The van der Waals surface area contributed by atoms with Crippen LogP contribution in [0.4, 0.5) is 13.2 Å². The van der Waals surface area contributed by atoms with Crippen LogP contribution in [0.25, 0.3) is 0 Å². The molecule has 0 fully saturated rings. The fourth-order valence-electron chi connectivity index (χ4n) is 1.84. The van der Waals surface area contributed by atoms with Gasteiger partial charge in [-0.3, -0.25) is 0 Å². The average molecular weight is 364 g/mol. The largest absolute Gasteiger partial charge is 0.416 e. The van der Waals surface area contributed by atoms with Crippen LogP contribution in [0.1, 0.15) is 29.0 Å². The van der Waals surface area contributed by atoms with E-state index in [4.69, 9.17) is 0 Å². The van der Waals surface area contributed by atoms with Gasteiger partial charge in [-0.25, -0.2) is 0 Å².